The second kappa shape index (κ2) is 5.54. The summed E-state index contributed by atoms with van der Waals surface area (Å²) in [4.78, 5) is 9.39. The Balaban J connectivity index is 1.90. The first-order chi connectivity index (χ1) is 10.4. The molecular weight excluding hydrogens is 274 g/mol. The topological polar surface area (TPSA) is 36.7 Å². The van der Waals surface area contributed by atoms with Crippen molar-refractivity contribution in [3.8, 4) is 0 Å². The lowest BCUT2D eigenvalue weighted by molar-refractivity contribution is 0.249. The van der Waals surface area contributed by atoms with Gasteiger partial charge in [0.1, 0.15) is 5.52 Å². The Kier molecular flexibility index (Phi) is 3.85. The van der Waals surface area contributed by atoms with E-state index in [-0.39, 0.29) is 5.41 Å². The van der Waals surface area contributed by atoms with Gasteiger partial charge in [-0.1, -0.05) is 20.8 Å². The average molecular weight is 301 g/mol. The van der Waals surface area contributed by atoms with Gasteiger partial charge in [-0.05, 0) is 33.0 Å². The third-order valence-electron chi connectivity index (χ3n) is 4.63. The fraction of sp³-hybridized carbons (Fsp3) is 0.647. The Morgan fingerprint density at radius 3 is 2.45 bits per heavy atom. The Bertz CT molecular complexity index is 645. The molecule has 0 spiro atoms. The molecule has 0 amide bonds. The van der Waals surface area contributed by atoms with Gasteiger partial charge in [0.2, 0.25) is 0 Å². The summed E-state index contributed by atoms with van der Waals surface area (Å²) in [5, 5.41) is 4.72. The molecule has 0 aromatic carbocycles. The summed E-state index contributed by atoms with van der Waals surface area (Å²) in [6, 6.07) is 2.88. The molecule has 0 N–H and O–H groups in total. The van der Waals surface area contributed by atoms with Crippen LogP contribution in [-0.2, 0) is 5.41 Å². The molecule has 1 aliphatic rings. The number of fused-ring (bicyclic) bond motifs is 1. The van der Waals surface area contributed by atoms with Crippen LogP contribution < -0.4 is 4.90 Å². The molecule has 5 heteroatoms. The van der Waals surface area contributed by atoms with E-state index in [0.29, 0.717) is 6.04 Å². The number of piperidine rings is 1. The highest BCUT2D eigenvalue weighted by Crippen LogP contribution is 2.28. The summed E-state index contributed by atoms with van der Waals surface area (Å²) >= 11 is 0. The summed E-state index contributed by atoms with van der Waals surface area (Å²) < 4.78 is 1.97. The average Bonchev–Trinajstić information content (AvgIpc) is 2.91. The van der Waals surface area contributed by atoms with E-state index in [4.69, 9.17) is 5.10 Å². The second-order valence-electron chi connectivity index (χ2n) is 7.54. The molecule has 3 rings (SSSR count). The Morgan fingerprint density at radius 1 is 1.18 bits per heavy atom. The smallest absolute Gasteiger partial charge is 0.154 e. The number of hydrogen-bond donors (Lipinski definition) is 0. The van der Waals surface area contributed by atoms with Crippen LogP contribution in [0.5, 0.6) is 0 Å². The molecule has 1 fully saturated rings. The van der Waals surface area contributed by atoms with Crippen molar-refractivity contribution in [2.45, 2.75) is 45.1 Å². The molecule has 0 bridgehead atoms. The van der Waals surface area contributed by atoms with E-state index < -0.39 is 0 Å². The van der Waals surface area contributed by atoms with E-state index in [0.717, 1.165) is 30.1 Å². The molecule has 1 aliphatic heterocycles. The standard InChI is InChI=1S/C17H27N5/c1-17(2,3)15-12-14-16(18-8-11-22(14)19-15)21-9-6-13(7-10-21)20(4)5/h8,11-13H,6-7,9-10H2,1-5H3. The molecule has 2 aromatic heterocycles. The summed E-state index contributed by atoms with van der Waals surface area (Å²) in [7, 11) is 4.34. The molecule has 22 heavy (non-hydrogen) atoms. The van der Waals surface area contributed by atoms with Gasteiger partial charge < -0.3 is 9.80 Å². The van der Waals surface area contributed by atoms with Crippen molar-refractivity contribution in [1.82, 2.24) is 19.5 Å². The predicted molar refractivity (Wildman–Crippen MR) is 90.6 cm³/mol. The molecule has 5 nitrogen and oxygen atoms in total. The van der Waals surface area contributed by atoms with Gasteiger partial charge in [0.15, 0.2) is 5.82 Å². The molecule has 3 heterocycles. The van der Waals surface area contributed by atoms with Gasteiger partial charge in [-0.25, -0.2) is 9.50 Å². The maximum absolute atomic E-state index is 4.72. The Labute approximate surface area is 132 Å². The van der Waals surface area contributed by atoms with Crippen molar-refractivity contribution in [1.29, 1.82) is 0 Å². The minimum absolute atomic E-state index is 0.0568. The second-order valence-corrected chi connectivity index (χ2v) is 7.54. The molecule has 0 radical (unpaired) electrons. The van der Waals surface area contributed by atoms with Crippen molar-refractivity contribution in [2.75, 3.05) is 32.1 Å². The highest BCUT2D eigenvalue weighted by molar-refractivity contribution is 5.69. The predicted octanol–water partition coefficient (Wildman–Crippen LogP) is 2.56. The monoisotopic (exact) mass is 301 g/mol. The SMILES string of the molecule is CN(C)C1CCN(c2nccn3nc(C(C)(C)C)cc23)CC1. The normalized spacial score (nSPS) is 17.6. The van der Waals surface area contributed by atoms with Crippen LogP contribution in [0.25, 0.3) is 5.52 Å². The molecular formula is C17H27N5. The van der Waals surface area contributed by atoms with Crippen LogP contribution in [0.1, 0.15) is 39.3 Å². The highest BCUT2D eigenvalue weighted by atomic mass is 15.3. The van der Waals surface area contributed by atoms with E-state index in [2.05, 4.69) is 55.7 Å². The Hall–Kier alpha value is -1.62. The number of rotatable bonds is 2. The summed E-state index contributed by atoms with van der Waals surface area (Å²) in [6.07, 6.45) is 6.19. The van der Waals surface area contributed by atoms with Crippen molar-refractivity contribution in [2.24, 2.45) is 0 Å². The first-order valence-corrected chi connectivity index (χ1v) is 8.12. The largest absolute Gasteiger partial charge is 0.355 e. The molecule has 0 unspecified atom stereocenters. The van der Waals surface area contributed by atoms with E-state index >= 15 is 0 Å². The summed E-state index contributed by atoms with van der Waals surface area (Å²) in [6.45, 7) is 8.72. The lowest BCUT2D eigenvalue weighted by Crippen LogP contribution is -2.42. The first kappa shape index (κ1) is 15.3. The molecule has 1 saturated heterocycles. The molecule has 0 saturated carbocycles. The third kappa shape index (κ3) is 2.82. The van der Waals surface area contributed by atoms with Crippen molar-refractivity contribution < 1.29 is 0 Å². The quantitative estimate of drug-likeness (QED) is 0.854. The Morgan fingerprint density at radius 2 is 1.86 bits per heavy atom. The van der Waals surface area contributed by atoms with E-state index in [1.54, 1.807) is 0 Å². The zero-order chi connectivity index (χ0) is 15.9. The summed E-state index contributed by atoms with van der Waals surface area (Å²) in [5.41, 5.74) is 2.29. The van der Waals surface area contributed by atoms with Gasteiger partial charge in [0.05, 0.1) is 5.69 Å². The zero-order valence-corrected chi connectivity index (χ0v) is 14.4. The van der Waals surface area contributed by atoms with Gasteiger partial charge in [-0.15, -0.1) is 0 Å². The molecule has 2 aromatic rings. The summed E-state index contributed by atoms with van der Waals surface area (Å²) in [5.74, 6) is 1.07. The molecule has 120 valence electrons. The number of aromatic nitrogens is 3. The molecule has 0 aliphatic carbocycles. The van der Waals surface area contributed by atoms with Gasteiger partial charge in [-0.3, -0.25) is 0 Å². The lowest BCUT2D eigenvalue weighted by Gasteiger charge is -2.35. The zero-order valence-electron chi connectivity index (χ0n) is 14.4. The third-order valence-corrected chi connectivity index (χ3v) is 4.63. The van der Waals surface area contributed by atoms with Crippen LogP contribution in [0.3, 0.4) is 0 Å². The number of nitrogens with zero attached hydrogens (tertiary/aromatic N) is 5. The highest BCUT2D eigenvalue weighted by Gasteiger charge is 2.24. The minimum Gasteiger partial charge on any atom is -0.355 e. The fourth-order valence-corrected chi connectivity index (χ4v) is 3.11. The van der Waals surface area contributed by atoms with Crippen LogP contribution in [0.4, 0.5) is 5.82 Å². The van der Waals surface area contributed by atoms with Crippen LogP contribution in [0, 0.1) is 0 Å². The fourth-order valence-electron chi connectivity index (χ4n) is 3.11. The lowest BCUT2D eigenvalue weighted by atomic mass is 9.92. The van der Waals surface area contributed by atoms with Gasteiger partial charge in [0, 0.05) is 36.9 Å². The van der Waals surface area contributed by atoms with Crippen LogP contribution >= 0.6 is 0 Å². The van der Waals surface area contributed by atoms with Crippen molar-refractivity contribution in [3.63, 3.8) is 0 Å². The minimum atomic E-state index is 0.0568. The van der Waals surface area contributed by atoms with Crippen LogP contribution in [0.2, 0.25) is 0 Å². The number of hydrogen-bond acceptors (Lipinski definition) is 4. The van der Waals surface area contributed by atoms with Crippen molar-refractivity contribution in [3.05, 3.63) is 24.2 Å². The van der Waals surface area contributed by atoms with Gasteiger partial charge >= 0.3 is 0 Å². The van der Waals surface area contributed by atoms with Gasteiger partial charge in [-0.2, -0.15) is 5.10 Å². The number of anilines is 1. The van der Waals surface area contributed by atoms with E-state index in [1.807, 2.05) is 16.9 Å². The maximum atomic E-state index is 4.72. The van der Waals surface area contributed by atoms with Gasteiger partial charge in [0.25, 0.3) is 0 Å². The van der Waals surface area contributed by atoms with Crippen LogP contribution in [-0.4, -0.2) is 52.7 Å². The molecule has 0 atom stereocenters. The van der Waals surface area contributed by atoms with Crippen LogP contribution in [0.15, 0.2) is 18.5 Å². The first-order valence-electron chi connectivity index (χ1n) is 8.12. The van der Waals surface area contributed by atoms with E-state index in [1.165, 1.54) is 12.8 Å². The van der Waals surface area contributed by atoms with E-state index in [9.17, 15) is 0 Å². The van der Waals surface area contributed by atoms with Crippen molar-refractivity contribution >= 4 is 11.3 Å². The maximum Gasteiger partial charge on any atom is 0.154 e.